The van der Waals surface area contributed by atoms with Gasteiger partial charge in [0.25, 0.3) is 0 Å². The topological polar surface area (TPSA) is 52.7 Å². The van der Waals surface area contributed by atoms with Crippen molar-refractivity contribution in [1.29, 1.82) is 0 Å². The van der Waals surface area contributed by atoms with Crippen molar-refractivity contribution < 1.29 is 18.4 Å². The number of rotatable bonds is 7. The van der Waals surface area contributed by atoms with E-state index in [9.17, 15) is 18.4 Å². The summed E-state index contributed by atoms with van der Waals surface area (Å²) < 4.78 is 26.8. The number of anilines is 1. The molecule has 0 aliphatic carbocycles. The molecule has 1 N–H and O–H groups in total. The van der Waals surface area contributed by atoms with Gasteiger partial charge in [0.1, 0.15) is 11.6 Å². The number of halogens is 2. The highest BCUT2D eigenvalue weighted by atomic mass is 19.1. The van der Waals surface area contributed by atoms with E-state index in [2.05, 4.69) is 17.4 Å². The van der Waals surface area contributed by atoms with Gasteiger partial charge < -0.3 is 10.2 Å². The fourth-order valence-corrected chi connectivity index (χ4v) is 3.39. The van der Waals surface area contributed by atoms with E-state index < -0.39 is 17.5 Å². The van der Waals surface area contributed by atoms with Crippen LogP contribution in [0.25, 0.3) is 0 Å². The van der Waals surface area contributed by atoms with Gasteiger partial charge in [-0.05, 0) is 30.5 Å². The Morgan fingerprint density at radius 2 is 1.69 bits per heavy atom. The van der Waals surface area contributed by atoms with E-state index in [-0.39, 0.29) is 18.1 Å². The molecule has 0 spiro atoms. The molecule has 2 aromatic rings. The monoisotopic (exact) mass is 401 g/mol. The SMILES string of the molecule is O=C(CN1CCN(C(=O)CCCc2ccccc2)CC1)Nc1cc(F)ccc1F. The number of nitrogens with zero attached hydrogens (tertiary/aromatic N) is 2. The van der Waals surface area contributed by atoms with Gasteiger partial charge in [-0.3, -0.25) is 14.5 Å². The summed E-state index contributed by atoms with van der Waals surface area (Å²) in [4.78, 5) is 28.2. The average Bonchev–Trinajstić information content (AvgIpc) is 2.72. The fraction of sp³-hybridized carbons (Fsp3) is 0.364. The number of benzene rings is 2. The lowest BCUT2D eigenvalue weighted by Gasteiger charge is -2.34. The molecule has 29 heavy (non-hydrogen) atoms. The van der Waals surface area contributed by atoms with Gasteiger partial charge in [0.2, 0.25) is 11.8 Å². The Hall–Kier alpha value is -2.80. The van der Waals surface area contributed by atoms with Gasteiger partial charge in [0, 0.05) is 38.7 Å². The molecule has 1 heterocycles. The summed E-state index contributed by atoms with van der Waals surface area (Å²) >= 11 is 0. The number of hydrogen-bond acceptors (Lipinski definition) is 3. The van der Waals surface area contributed by atoms with E-state index in [0.29, 0.717) is 32.6 Å². The van der Waals surface area contributed by atoms with Gasteiger partial charge in [-0.2, -0.15) is 0 Å². The smallest absolute Gasteiger partial charge is 0.238 e. The van der Waals surface area contributed by atoms with Gasteiger partial charge in [-0.25, -0.2) is 8.78 Å². The first-order valence-corrected chi connectivity index (χ1v) is 9.80. The lowest BCUT2D eigenvalue weighted by Crippen LogP contribution is -2.50. The molecule has 1 saturated heterocycles. The first-order chi connectivity index (χ1) is 14.0. The Morgan fingerprint density at radius 1 is 0.966 bits per heavy atom. The highest BCUT2D eigenvalue weighted by Crippen LogP contribution is 2.15. The largest absolute Gasteiger partial charge is 0.340 e. The second-order valence-electron chi connectivity index (χ2n) is 7.17. The third-order valence-corrected chi connectivity index (χ3v) is 4.99. The maximum absolute atomic E-state index is 13.6. The number of hydrogen-bond donors (Lipinski definition) is 1. The minimum Gasteiger partial charge on any atom is -0.340 e. The predicted molar refractivity (Wildman–Crippen MR) is 107 cm³/mol. The van der Waals surface area contributed by atoms with Gasteiger partial charge in [0.05, 0.1) is 12.2 Å². The van der Waals surface area contributed by atoms with Crippen molar-refractivity contribution in [2.75, 3.05) is 38.0 Å². The van der Waals surface area contributed by atoms with Crippen molar-refractivity contribution in [2.24, 2.45) is 0 Å². The van der Waals surface area contributed by atoms with Crippen LogP contribution in [0.1, 0.15) is 18.4 Å². The number of carbonyl (C=O) groups excluding carboxylic acids is 2. The molecule has 0 unspecified atom stereocenters. The van der Waals surface area contributed by atoms with Gasteiger partial charge in [-0.15, -0.1) is 0 Å². The van der Waals surface area contributed by atoms with Crippen molar-refractivity contribution >= 4 is 17.5 Å². The van der Waals surface area contributed by atoms with Crippen LogP contribution in [-0.4, -0.2) is 54.3 Å². The first kappa shape index (κ1) is 20.9. The summed E-state index contributed by atoms with van der Waals surface area (Å²) in [5.74, 6) is -1.56. The lowest BCUT2D eigenvalue weighted by molar-refractivity contribution is -0.133. The van der Waals surface area contributed by atoms with Crippen LogP contribution in [0.3, 0.4) is 0 Å². The zero-order valence-electron chi connectivity index (χ0n) is 16.2. The summed E-state index contributed by atoms with van der Waals surface area (Å²) in [6, 6.07) is 13.0. The fourth-order valence-electron chi connectivity index (χ4n) is 3.39. The minimum absolute atomic E-state index is 0.0754. The van der Waals surface area contributed by atoms with E-state index >= 15 is 0 Å². The molecular formula is C22H25F2N3O2. The standard InChI is InChI=1S/C22H25F2N3O2/c23-18-9-10-19(24)20(15-18)25-21(28)16-26-11-13-27(14-12-26)22(29)8-4-7-17-5-2-1-3-6-17/h1-3,5-6,9-10,15H,4,7-8,11-14,16H2,(H,25,28). The van der Waals surface area contributed by atoms with Crippen LogP contribution in [0.5, 0.6) is 0 Å². The van der Waals surface area contributed by atoms with Crippen molar-refractivity contribution in [2.45, 2.75) is 19.3 Å². The van der Waals surface area contributed by atoms with Crippen LogP contribution >= 0.6 is 0 Å². The molecule has 5 nitrogen and oxygen atoms in total. The summed E-state index contributed by atoms with van der Waals surface area (Å²) in [6.45, 7) is 2.34. The molecule has 0 radical (unpaired) electrons. The molecule has 1 fully saturated rings. The summed E-state index contributed by atoms with van der Waals surface area (Å²) in [6.07, 6.45) is 2.20. The second-order valence-corrected chi connectivity index (χ2v) is 7.17. The first-order valence-electron chi connectivity index (χ1n) is 9.80. The Morgan fingerprint density at radius 3 is 2.41 bits per heavy atom. The highest BCUT2D eigenvalue weighted by Gasteiger charge is 2.22. The van der Waals surface area contributed by atoms with E-state index in [1.54, 1.807) is 0 Å². The van der Waals surface area contributed by atoms with Crippen molar-refractivity contribution in [3.05, 3.63) is 65.7 Å². The number of nitrogens with one attached hydrogen (secondary N) is 1. The predicted octanol–water partition coefficient (Wildman–Crippen LogP) is 3.07. The number of amides is 2. The zero-order valence-corrected chi connectivity index (χ0v) is 16.2. The van der Waals surface area contributed by atoms with E-state index in [1.165, 1.54) is 5.56 Å². The quantitative estimate of drug-likeness (QED) is 0.776. The molecule has 2 amide bonds. The van der Waals surface area contributed by atoms with Crippen LogP contribution in [0.4, 0.5) is 14.5 Å². The molecule has 154 valence electrons. The van der Waals surface area contributed by atoms with Crippen LogP contribution in [0.2, 0.25) is 0 Å². The lowest BCUT2D eigenvalue weighted by atomic mass is 10.1. The Kier molecular flexibility index (Phi) is 7.30. The van der Waals surface area contributed by atoms with E-state index in [1.807, 2.05) is 28.0 Å². The van der Waals surface area contributed by atoms with Crippen LogP contribution < -0.4 is 5.32 Å². The van der Waals surface area contributed by atoms with Crippen molar-refractivity contribution in [3.8, 4) is 0 Å². The Bertz CT molecular complexity index is 837. The normalized spacial score (nSPS) is 14.6. The maximum atomic E-state index is 13.6. The Labute approximate surface area is 169 Å². The van der Waals surface area contributed by atoms with Crippen LogP contribution in [0, 0.1) is 11.6 Å². The van der Waals surface area contributed by atoms with Crippen LogP contribution in [0.15, 0.2) is 48.5 Å². The summed E-state index contributed by atoms with van der Waals surface area (Å²) in [7, 11) is 0. The van der Waals surface area contributed by atoms with E-state index in [0.717, 1.165) is 31.0 Å². The number of carbonyl (C=O) groups is 2. The molecule has 3 rings (SSSR count). The maximum Gasteiger partial charge on any atom is 0.238 e. The van der Waals surface area contributed by atoms with Gasteiger partial charge in [0.15, 0.2) is 0 Å². The molecule has 1 aliphatic rings. The Balaban J connectivity index is 1.37. The molecule has 0 aromatic heterocycles. The summed E-state index contributed by atoms with van der Waals surface area (Å²) in [5.41, 5.74) is 1.06. The van der Waals surface area contributed by atoms with Crippen molar-refractivity contribution in [1.82, 2.24) is 9.80 Å². The van der Waals surface area contributed by atoms with Crippen molar-refractivity contribution in [3.63, 3.8) is 0 Å². The minimum atomic E-state index is -0.675. The third kappa shape index (κ3) is 6.35. The van der Waals surface area contributed by atoms with Crippen LogP contribution in [-0.2, 0) is 16.0 Å². The third-order valence-electron chi connectivity index (χ3n) is 4.99. The molecule has 0 saturated carbocycles. The molecule has 0 bridgehead atoms. The molecule has 7 heteroatoms. The molecule has 0 atom stereocenters. The summed E-state index contributed by atoms with van der Waals surface area (Å²) in [5, 5.41) is 2.40. The molecular weight excluding hydrogens is 376 g/mol. The second kappa shape index (κ2) is 10.1. The number of piperazine rings is 1. The molecule has 2 aromatic carbocycles. The highest BCUT2D eigenvalue weighted by molar-refractivity contribution is 5.92. The van der Waals surface area contributed by atoms with Gasteiger partial charge in [-0.1, -0.05) is 30.3 Å². The van der Waals surface area contributed by atoms with E-state index in [4.69, 9.17) is 0 Å². The van der Waals surface area contributed by atoms with Gasteiger partial charge >= 0.3 is 0 Å². The average molecular weight is 401 g/mol. The number of aryl methyl sites for hydroxylation is 1. The molecule has 1 aliphatic heterocycles. The zero-order chi connectivity index (χ0) is 20.6.